The summed E-state index contributed by atoms with van der Waals surface area (Å²) in [5.41, 5.74) is 5.09. The SMILES string of the molecule is NCc1n[c]on1. The van der Waals surface area contributed by atoms with Gasteiger partial charge in [-0.15, -0.1) is 0 Å². The topological polar surface area (TPSA) is 64.9 Å². The molecule has 1 aromatic rings. The van der Waals surface area contributed by atoms with Crippen LogP contribution < -0.4 is 5.73 Å². The molecule has 1 radical (unpaired) electrons. The molecule has 0 aliphatic rings. The van der Waals surface area contributed by atoms with Crippen molar-refractivity contribution in [1.29, 1.82) is 0 Å². The van der Waals surface area contributed by atoms with E-state index in [2.05, 4.69) is 21.1 Å². The molecule has 2 N–H and O–H groups in total. The van der Waals surface area contributed by atoms with E-state index in [1.807, 2.05) is 0 Å². The van der Waals surface area contributed by atoms with Crippen molar-refractivity contribution in [2.24, 2.45) is 5.73 Å². The van der Waals surface area contributed by atoms with Crippen molar-refractivity contribution in [2.75, 3.05) is 0 Å². The van der Waals surface area contributed by atoms with Gasteiger partial charge in [0.1, 0.15) is 0 Å². The smallest absolute Gasteiger partial charge is 0.316 e. The lowest BCUT2D eigenvalue weighted by Gasteiger charge is -1.73. The first kappa shape index (κ1) is 4.26. The van der Waals surface area contributed by atoms with Gasteiger partial charge in [-0.05, 0) is 0 Å². The van der Waals surface area contributed by atoms with Crippen LogP contribution in [0.25, 0.3) is 0 Å². The van der Waals surface area contributed by atoms with E-state index in [1.54, 1.807) is 0 Å². The van der Waals surface area contributed by atoms with Gasteiger partial charge in [0, 0.05) is 0 Å². The maximum atomic E-state index is 5.09. The second-order valence-electron chi connectivity index (χ2n) is 1.01. The van der Waals surface area contributed by atoms with Crippen molar-refractivity contribution in [3.05, 3.63) is 12.2 Å². The second kappa shape index (κ2) is 1.70. The Morgan fingerprint density at radius 2 is 2.71 bits per heavy atom. The van der Waals surface area contributed by atoms with Crippen LogP contribution in [-0.4, -0.2) is 10.1 Å². The molecule has 0 unspecified atom stereocenters. The molecular weight excluding hydrogens is 94.1 g/mol. The predicted octanol–water partition coefficient (Wildman–Crippen LogP) is -0.672. The van der Waals surface area contributed by atoms with E-state index < -0.39 is 0 Å². The first-order chi connectivity index (χ1) is 3.43. The number of rotatable bonds is 1. The fourth-order valence-corrected chi connectivity index (χ4v) is 0.250. The number of aromatic nitrogens is 2. The number of hydrogen-bond acceptors (Lipinski definition) is 4. The van der Waals surface area contributed by atoms with E-state index in [9.17, 15) is 0 Å². The van der Waals surface area contributed by atoms with Crippen molar-refractivity contribution in [2.45, 2.75) is 6.54 Å². The Bertz CT molecular complexity index is 125. The van der Waals surface area contributed by atoms with Gasteiger partial charge in [-0.1, -0.05) is 5.16 Å². The van der Waals surface area contributed by atoms with Crippen LogP contribution in [0, 0.1) is 6.39 Å². The predicted molar refractivity (Wildman–Crippen MR) is 21.0 cm³/mol. The average Bonchev–Trinajstić information content (AvgIpc) is 2.14. The van der Waals surface area contributed by atoms with E-state index in [0.29, 0.717) is 12.4 Å². The summed E-state index contributed by atoms with van der Waals surface area (Å²) in [7, 11) is 0. The van der Waals surface area contributed by atoms with Crippen molar-refractivity contribution >= 4 is 0 Å². The summed E-state index contributed by atoms with van der Waals surface area (Å²) in [4.78, 5) is 3.51. The summed E-state index contributed by atoms with van der Waals surface area (Å²) in [6.45, 7) is 0.312. The first-order valence-corrected chi connectivity index (χ1v) is 1.82. The van der Waals surface area contributed by atoms with Gasteiger partial charge in [-0.25, -0.2) is 0 Å². The monoisotopic (exact) mass is 98.0 g/mol. The van der Waals surface area contributed by atoms with E-state index in [4.69, 9.17) is 5.73 Å². The summed E-state index contributed by atoms with van der Waals surface area (Å²) in [6.07, 6.45) is 2.16. The van der Waals surface area contributed by atoms with Gasteiger partial charge in [0.15, 0.2) is 5.82 Å². The highest BCUT2D eigenvalue weighted by molar-refractivity contribution is 4.72. The summed E-state index contributed by atoms with van der Waals surface area (Å²) in [5.74, 6) is 0.486. The van der Waals surface area contributed by atoms with Crippen LogP contribution in [0.3, 0.4) is 0 Å². The molecule has 0 fully saturated rings. The number of nitrogens with two attached hydrogens (primary N) is 1. The van der Waals surface area contributed by atoms with Gasteiger partial charge < -0.3 is 10.3 Å². The van der Waals surface area contributed by atoms with Crippen molar-refractivity contribution in [3.63, 3.8) is 0 Å². The summed E-state index contributed by atoms with van der Waals surface area (Å²) < 4.78 is 4.24. The third-order valence-electron chi connectivity index (χ3n) is 0.549. The Balaban J connectivity index is 2.76. The third kappa shape index (κ3) is 0.747. The maximum absolute atomic E-state index is 5.09. The average molecular weight is 98.1 g/mol. The largest absolute Gasteiger partial charge is 0.328 e. The van der Waals surface area contributed by atoms with Crippen molar-refractivity contribution in [1.82, 2.24) is 10.1 Å². The molecule has 7 heavy (non-hydrogen) atoms. The molecule has 0 atom stereocenters. The molecule has 1 aromatic heterocycles. The Kier molecular flexibility index (Phi) is 1.04. The zero-order valence-electron chi connectivity index (χ0n) is 3.59. The van der Waals surface area contributed by atoms with Crippen LogP contribution in [-0.2, 0) is 6.54 Å². The standard InChI is InChI=1S/C3H4N3O/c4-1-3-5-2-7-6-3/h1,4H2. The Morgan fingerprint density at radius 3 is 3.00 bits per heavy atom. The molecule has 0 saturated carbocycles. The van der Waals surface area contributed by atoms with Gasteiger partial charge in [0.25, 0.3) is 0 Å². The van der Waals surface area contributed by atoms with Crippen LogP contribution >= 0.6 is 0 Å². The first-order valence-electron chi connectivity index (χ1n) is 1.82. The molecule has 4 nitrogen and oxygen atoms in total. The van der Waals surface area contributed by atoms with Crippen LogP contribution in [0.4, 0.5) is 0 Å². The minimum atomic E-state index is 0.312. The highest BCUT2D eigenvalue weighted by Crippen LogP contribution is 1.80. The normalized spacial score (nSPS) is 9.29. The molecule has 0 aromatic carbocycles. The van der Waals surface area contributed by atoms with Gasteiger partial charge in [0.2, 0.25) is 0 Å². The minimum Gasteiger partial charge on any atom is -0.328 e. The highest BCUT2D eigenvalue weighted by atomic mass is 16.5. The second-order valence-corrected chi connectivity index (χ2v) is 1.01. The minimum absolute atomic E-state index is 0.312. The van der Waals surface area contributed by atoms with E-state index in [0.717, 1.165) is 0 Å². The molecule has 0 bridgehead atoms. The van der Waals surface area contributed by atoms with E-state index >= 15 is 0 Å². The number of hydrogen-bond donors (Lipinski definition) is 1. The van der Waals surface area contributed by atoms with Crippen molar-refractivity contribution in [3.8, 4) is 0 Å². The fraction of sp³-hybridized carbons (Fsp3) is 0.333. The van der Waals surface area contributed by atoms with Gasteiger partial charge >= 0.3 is 6.39 Å². The molecule has 37 valence electrons. The van der Waals surface area contributed by atoms with Crippen LogP contribution in [0.5, 0.6) is 0 Å². The van der Waals surface area contributed by atoms with Gasteiger partial charge in [0.05, 0.1) is 6.54 Å². The van der Waals surface area contributed by atoms with Crippen LogP contribution in [0.2, 0.25) is 0 Å². The molecule has 4 heteroatoms. The van der Waals surface area contributed by atoms with Crippen molar-refractivity contribution < 1.29 is 4.52 Å². The summed E-state index contributed by atoms with van der Waals surface area (Å²) in [5, 5.41) is 3.37. The lowest BCUT2D eigenvalue weighted by molar-refractivity contribution is 0.403. The third-order valence-corrected chi connectivity index (χ3v) is 0.549. The quantitative estimate of drug-likeness (QED) is 0.505. The number of nitrogens with zero attached hydrogens (tertiary/aromatic N) is 2. The molecule has 0 aliphatic carbocycles. The summed E-state index contributed by atoms with van der Waals surface area (Å²) >= 11 is 0. The highest BCUT2D eigenvalue weighted by Gasteiger charge is 1.89. The zero-order chi connectivity index (χ0) is 5.11. The Morgan fingerprint density at radius 1 is 1.86 bits per heavy atom. The summed E-state index contributed by atoms with van der Waals surface area (Å²) in [6, 6.07) is 0. The molecular formula is C3H4N3O. The lowest BCUT2D eigenvalue weighted by atomic mass is 10.6. The van der Waals surface area contributed by atoms with E-state index in [1.165, 1.54) is 0 Å². The fourth-order valence-electron chi connectivity index (χ4n) is 0.250. The molecule has 0 spiro atoms. The Hall–Kier alpha value is -0.900. The maximum Gasteiger partial charge on any atom is 0.316 e. The molecule has 0 saturated heterocycles. The van der Waals surface area contributed by atoms with Gasteiger partial charge in [-0.3, -0.25) is 0 Å². The molecule has 0 aliphatic heterocycles. The molecule has 0 amide bonds. The Labute approximate surface area is 40.3 Å². The molecule has 1 heterocycles. The van der Waals surface area contributed by atoms with Gasteiger partial charge in [-0.2, -0.15) is 4.98 Å². The zero-order valence-corrected chi connectivity index (χ0v) is 3.59. The molecule has 1 rings (SSSR count). The van der Waals surface area contributed by atoms with Crippen LogP contribution in [0.15, 0.2) is 4.52 Å². The lowest BCUT2D eigenvalue weighted by Crippen LogP contribution is -1.97. The van der Waals surface area contributed by atoms with Crippen LogP contribution in [0.1, 0.15) is 5.82 Å². The van der Waals surface area contributed by atoms with E-state index in [-0.39, 0.29) is 0 Å².